The Morgan fingerprint density at radius 2 is 1.37 bits per heavy atom. The minimum absolute atomic E-state index is 0.0162. The molecule has 320 valence electrons. The number of halogens is 1. The molecule has 0 aliphatic carbocycles. The molecule has 0 bridgehead atoms. The zero-order valence-electron chi connectivity index (χ0n) is 34.0. The molecule has 1 amide bonds. The number of aliphatic imine (C=N–C) groups is 1. The number of benzene rings is 6. The standard InChI is InChI=1S/C49H48BrN3O8S/c50-41-22-18-39(19-23-41)46-49(28-32-62(56,57)43-15-8-3-9-16-43,52-47(61-46)40-20-24-42(25-21-40)58-31-10-30-54)48(55)53-51-29-27-36-17-26-44(59-34-37-11-4-1-5-12-37)45(33-36)60-35-38-13-6-2-7-14-38/h1-9,11-26,33,46,51,54H,10,27-32,34-35H2,(H,53,55)/t46-,49-/m0/s1. The molecule has 0 unspecified atom stereocenters. The molecular formula is C49H48BrN3O8S. The van der Waals surface area contributed by atoms with Crippen LogP contribution in [0.25, 0.3) is 0 Å². The van der Waals surface area contributed by atoms with Gasteiger partial charge in [-0.2, -0.15) is 0 Å². The molecule has 2 atom stereocenters. The maximum absolute atomic E-state index is 14.7. The summed E-state index contributed by atoms with van der Waals surface area (Å²) in [6.45, 7) is 1.43. The van der Waals surface area contributed by atoms with Crippen LogP contribution in [0.15, 0.2) is 172 Å². The van der Waals surface area contributed by atoms with Gasteiger partial charge in [0.1, 0.15) is 19.0 Å². The lowest BCUT2D eigenvalue weighted by Crippen LogP contribution is -2.53. The molecule has 7 rings (SSSR count). The minimum Gasteiger partial charge on any atom is -0.494 e. The lowest BCUT2D eigenvalue weighted by Gasteiger charge is -2.30. The van der Waals surface area contributed by atoms with Gasteiger partial charge in [-0.1, -0.05) is 113 Å². The number of ether oxygens (including phenoxy) is 4. The monoisotopic (exact) mass is 917 g/mol. The maximum Gasteiger partial charge on any atom is 0.266 e. The van der Waals surface area contributed by atoms with Crippen LogP contribution in [0.1, 0.15) is 46.8 Å². The summed E-state index contributed by atoms with van der Waals surface area (Å²) in [6, 6.07) is 48.2. The highest BCUT2D eigenvalue weighted by Gasteiger charge is 2.53. The number of rotatable bonds is 21. The van der Waals surface area contributed by atoms with Crippen LogP contribution in [0, 0.1) is 0 Å². The number of sulfone groups is 1. The fourth-order valence-electron chi connectivity index (χ4n) is 6.91. The van der Waals surface area contributed by atoms with Crippen molar-refractivity contribution in [1.29, 1.82) is 0 Å². The van der Waals surface area contributed by atoms with Crippen LogP contribution in [0.5, 0.6) is 17.2 Å². The molecule has 62 heavy (non-hydrogen) atoms. The summed E-state index contributed by atoms with van der Waals surface area (Å²) in [7, 11) is -3.83. The van der Waals surface area contributed by atoms with Crippen LogP contribution in [0.3, 0.4) is 0 Å². The van der Waals surface area contributed by atoms with Gasteiger partial charge in [-0.25, -0.2) is 18.8 Å². The molecule has 1 aliphatic rings. The molecule has 6 aromatic rings. The molecule has 0 aromatic heterocycles. The van der Waals surface area contributed by atoms with Gasteiger partial charge in [0.15, 0.2) is 33.0 Å². The lowest BCUT2D eigenvalue weighted by atomic mass is 9.85. The first-order valence-corrected chi connectivity index (χ1v) is 22.8. The van der Waals surface area contributed by atoms with Gasteiger partial charge in [0.05, 0.1) is 17.3 Å². The fourth-order valence-corrected chi connectivity index (χ4v) is 8.56. The van der Waals surface area contributed by atoms with Crippen LogP contribution in [-0.4, -0.2) is 56.4 Å². The third kappa shape index (κ3) is 11.5. The van der Waals surface area contributed by atoms with Crippen LogP contribution < -0.4 is 25.1 Å². The molecule has 13 heteroatoms. The first kappa shape index (κ1) is 44.1. The summed E-state index contributed by atoms with van der Waals surface area (Å²) in [6.07, 6.45) is -0.169. The Labute approximate surface area is 370 Å². The summed E-state index contributed by atoms with van der Waals surface area (Å²) < 4.78 is 53.1. The number of nitrogens with one attached hydrogen (secondary N) is 2. The van der Waals surface area contributed by atoms with Gasteiger partial charge in [-0.15, -0.1) is 0 Å². The van der Waals surface area contributed by atoms with Crippen molar-refractivity contribution in [1.82, 2.24) is 10.9 Å². The van der Waals surface area contributed by atoms with Crippen LogP contribution in [0.2, 0.25) is 0 Å². The van der Waals surface area contributed by atoms with Gasteiger partial charge in [0.2, 0.25) is 5.90 Å². The van der Waals surface area contributed by atoms with Crippen molar-refractivity contribution in [3.05, 3.63) is 190 Å². The summed E-state index contributed by atoms with van der Waals surface area (Å²) in [5.41, 5.74) is 8.45. The molecule has 0 saturated heterocycles. The van der Waals surface area contributed by atoms with E-state index in [0.717, 1.165) is 21.2 Å². The molecule has 0 saturated carbocycles. The molecule has 0 spiro atoms. The summed E-state index contributed by atoms with van der Waals surface area (Å²) in [5.74, 6) is 1.06. The van der Waals surface area contributed by atoms with Crippen LogP contribution in [0.4, 0.5) is 0 Å². The van der Waals surface area contributed by atoms with E-state index in [0.29, 0.717) is 67.6 Å². The van der Waals surface area contributed by atoms with Crippen molar-refractivity contribution in [3.8, 4) is 17.2 Å². The van der Waals surface area contributed by atoms with E-state index in [4.69, 9.17) is 29.0 Å². The molecule has 6 aromatic carbocycles. The Morgan fingerprint density at radius 3 is 2.02 bits per heavy atom. The van der Waals surface area contributed by atoms with Gasteiger partial charge in [0, 0.05) is 36.0 Å². The predicted molar refractivity (Wildman–Crippen MR) is 242 cm³/mol. The van der Waals surface area contributed by atoms with E-state index >= 15 is 0 Å². The highest BCUT2D eigenvalue weighted by atomic mass is 79.9. The van der Waals surface area contributed by atoms with E-state index < -0.39 is 27.4 Å². The Hall–Kier alpha value is -5.99. The number of aliphatic hydroxyl groups excluding tert-OH is 1. The zero-order chi connectivity index (χ0) is 43.2. The summed E-state index contributed by atoms with van der Waals surface area (Å²) >= 11 is 3.50. The Morgan fingerprint density at radius 1 is 0.742 bits per heavy atom. The number of carbonyl (C=O) groups is 1. The molecule has 1 aliphatic heterocycles. The number of amides is 1. The highest BCUT2D eigenvalue weighted by Crippen LogP contribution is 2.43. The largest absolute Gasteiger partial charge is 0.494 e. The van der Waals surface area contributed by atoms with Gasteiger partial charge < -0.3 is 24.1 Å². The van der Waals surface area contributed by atoms with Crippen LogP contribution >= 0.6 is 15.9 Å². The quantitative estimate of drug-likeness (QED) is 0.0480. The first-order chi connectivity index (χ1) is 30.2. The Balaban J connectivity index is 1.12. The van der Waals surface area contributed by atoms with E-state index in [9.17, 15) is 13.2 Å². The van der Waals surface area contributed by atoms with Crippen molar-refractivity contribution >= 4 is 37.6 Å². The normalized spacial score (nSPS) is 15.9. The third-order valence-corrected chi connectivity index (χ3v) is 12.5. The summed E-state index contributed by atoms with van der Waals surface area (Å²) in [5, 5.41) is 9.16. The fraction of sp³-hybridized carbons (Fsp3) is 0.224. The van der Waals surface area contributed by atoms with Crippen molar-refractivity contribution in [2.45, 2.75) is 49.0 Å². The molecular weight excluding hydrogens is 871 g/mol. The van der Waals surface area contributed by atoms with E-state index in [1.165, 1.54) is 0 Å². The van der Waals surface area contributed by atoms with Gasteiger partial charge in [-0.3, -0.25) is 10.2 Å². The van der Waals surface area contributed by atoms with E-state index in [-0.39, 0.29) is 29.6 Å². The van der Waals surface area contributed by atoms with Crippen molar-refractivity contribution in [2.75, 3.05) is 25.5 Å². The molecule has 0 fully saturated rings. The smallest absolute Gasteiger partial charge is 0.266 e. The third-order valence-electron chi connectivity index (χ3n) is 10.3. The SMILES string of the molecule is O=C(NNCCc1ccc(OCc2ccccc2)c(OCc2ccccc2)c1)[C@@]1(CCS(=O)(=O)c2ccccc2)N=C(c2ccc(OCCCO)cc2)O[C@H]1c1ccc(Br)cc1. The molecule has 0 radical (unpaired) electrons. The number of hydrogen-bond acceptors (Lipinski definition) is 10. The summed E-state index contributed by atoms with van der Waals surface area (Å²) in [4.78, 5) is 19.9. The van der Waals surface area contributed by atoms with E-state index in [1.54, 1.807) is 54.6 Å². The van der Waals surface area contributed by atoms with Gasteiger partial charge >= 0.3 is 0 Å². The lowest BCUT2D eigenvalue weighted by molar-refractivity contribution is -0.130. The average molecular weight is 919 g/mol. The van der Waals surface area contributed by atoms with Crippen molar-refractivity contribution < 1.29 is 37.3 Å². The molecule has 3 N–H and O–H groups in total. The van der Waals surface area contributed by atoms with Crippen LogP contribution in [-0.2, 0) is 39.0 Å². The average Bonchev–Trinajstić information content (AvgIpc) is 3.71. The Bertz CT molecular complexity index is 2510. The van der Waals surface area contributed by atoms with E-state index in [1.807, 2.05) is 103 Å². The highest BCUT2D eigenvalue weighted by molar-refractivity contribution is 9.10. The number of carbonyl (C=O) groups excluding carboxylic acids is 1. The molecule has 1 heterocycles. The van der Waals surface area contributed by atoms with Crippen molar-refractivity contribution in [3.63, 3.8) is 0 Å². The van der Waals surface area contributed by atoms with Gasteiger partial charge in [0.25, 0.3) is 5.91 Å². The Kier molecular flexibility index (Phi) is 15.1. The second kappa shape index (κ2) is 21.2. The molecule has 11 nitrogen and oxygen atoms in total. The minimum atomic E-state index is -3.83. The van der Waals surface area contributed by atoms with E-state index in [2.05, 4.69) is 26.8 Å². The second-order valence-corrected chi connectivity index (χ2v) is 17.7. The maximum atomic E-state index is 14.7. The number of aliphatic hydroxyl groups is 1. The topological polar surface area (TPSA) is 145 Å². The first-order valence-electron chi connectivity index (χ1n) is 20.4. The zero-order valence-corrected chi connectivity index (χ0v) is 36.4. The van der Waals surface area contributed by atoms with Gasteiger partial charge in [-0.05, 0) is 89.3 Å². The number of nitrogens with zero attached hydrogens (tertiary/aromatic N) is 1. The van der Waals surface area contributed by atoms with Crippen molar-refractivity contribution in [2.24, 2.45) is 4.99 Å². The number of hydrogen-bond donors (Lipinski definition) is 3. The number of hydrazine groups is 1. The predicted octanol–water partition coefficient (Wildman–Crippen LogP) is 8.35. The second-order valence-electron chi connectivity index (χ2n) is 14.7.